The summed E-state index contributed by atoms with van der Waals surface area (Å²) in [5.74, 6) is -0.110. The molecule has 0 saturated carbocycles. The number of rotatable bonds is 8. The van der Waals surface area contributed by atoms with Crippen LogP contribution in [-0.4, -0.2) is 51.6 Å². The van der Waals surface area contributed by atoms with Crippen molar-refractivity contribution in [2.24, 2.45) is 0 Å². The molecule has 1 fully saturated rings. The molecule has 5 rings (SSSR count). The smallest absolute Gasteiger partial charge is 0.320 e. The Morgan fingerprint density at radius 3 is 2.47 bits per heavy atom. The summed E-state index contributed by atoms with van der Waals surface area (Å²) in [6, 6.07) is 23.9. The van der Waals surface area contributed by atoms with Gasteiger partial charge in [0.25, 0.3) is 5.91 Å². The second-order valence-electron chi connectivity index (χ2n) is 10.0. The molecule has 1 aliphatic heterocycles. The number of para-hydroxylation sites is 1. The number of unbranched alkanes of at least 4 members (excludes halogenated alkanes) is 1. The van der Waals surface area contributed by atoms with Crippen LogP contribution in [-0.2, 0) is 23.3 Å². The van der Waals surface area contributed by atoms with Gasteiger partial charge in [0, 0.05) is 50.4 Å². The molecule has 2 unspecified atom stereocenters. The molecular formula is C31H35N5O2. The fourth-order valence-electron chi connectivity index (χ4n) is 5.84. The minimum atomic E-state index is -1.27. The second kappa shape index (κ2) is 10.7. The SMILES string of the molecule is CCCCC1N(C)C(=O)C(Cc2cn(Cc3ccccc3)c3ccccc23)(c2ccccn2)N1C(=O)NC. The normalized spacial score (nSPS) is 19.3. The molecule has 1 N–H and O–H groups in total. The number of carbonyl (C=O) groups is 2. The molecule has 38 heavy (non-hydrogen) atoms. The number of fused-ring (bicyclic) bond motifs is 1. The largest absolute Gasteiger partial charge is 0.343 e. The van der Waals surface area contributed by atoms with Gasteiger partial charge in [-0.15, -0.1) is 0 Å². The maximum atomic E-state index is 14.3. The lowest BCUT2D eigenvalue weighted by atomic mass is 9.85. The fourth-order valence-corrected chi connectivity index (χ4v) is 5.84. The van der Waals surface area contributed by atoms with E-state index in [2.05, 4.69) is 52.3 Å². The number of carbonyl (C=O) groups excluding carboxylic acids is 2. The lowest BCUT2D eigenvalue weighted by Crippen LogP contribution is -2.55. The van der Waals surface area contributed by atoms with Crippen molar-refractivity contribution in [1.29, 1.82) is 0 Å². The summed E-state index contributed by atoms with van der Waals surface area (Å²) < 4.78 is 2.23. The highest BCUT2D eigenvalue weighted by Gasteiger charge is 2.60. The predicted molar refractivity (Wildman–Crippen MR) is 149 cm³/mol. The number of urea groups is 1. The summed E-state index contributed by atoms with van der Waals surface area (Å²) in [7, 11) is 3.43. The predicted octanol–water partition coefficient (Wildman–Crippen LogP) is 5.15. The van der Waals surface area contributed by atoms with Crippen LogP contribution in [0.4, 0.5) is 4.79 Å². The number of nitrogens with one attached hydrogen (secondary N) is 1. The van der Waals surface area contributed by atoms with Gasteiger partial charge in [-0.25, -0.2) is 4.79 Å². The van der Waals surface area contributed by atoms with E-state index >= 15 is 0 Å². The molecule has 7 heteroatoms. The maximum absolute atomic E-state index is 14.3. The molecule has 1 saturated heterocycles. The summed E-state index contributed by atoms with van der Waals surface area (Å²) in [6.07, 6.45) is 6.39. The number of nitrogens with zero attached hydrogens (tertiary/aromatic N) is 4. The third kappa shape index (κ3) is 4.32. The topological polar surface area (TPSA) is 70.5 Å². The van der Waals surface area contributed by atoms with Gasteiger partial charge in [0.2, 0.25) is 0 Å². The van der Waals surface area contributed by atoms with E-state index in [1.807, 2.05) is 55.6 Å². The minimum Gasteiger partial charge on any atom is -0.343 e. The monoisotopic (exact) mass is 509 g/mol. The maximum Gasteiger partial charge on any atom is 0.320 e. The molecule has 3 amide bonds. The standard InChI is InChI=1S/C31H35N5O2/c1-4-5-18-28-34(3)29(37)31(36(28)30(38)32-2,27-17-11-12-19-33-27)20-24-22-35(21-23-13-7-6-8-14-23)26-16-10-9-15-25(24)26/h6-17,19,22,28H,4-5,18,20-21H2,1-3H3,(H,32,38). The first-order chi connectivity index (χ1) is 18.5. The molecule has 196 valence electrons. The van der Waals surface area contributed by atoms with Crippen LogP contribution in [0, 0.1) is 0 Å². The Bertz CT molecular complexity index is 1420. The summed E-state index contributed by atoms with van der Waals surface area (Å²) in [4.78, 5) is 36.1. The molecule has 0 spiro atoms. The van der Waals surface area contributed by atoms with Crippen molar-refractivity contribution in [3.05, 3.63) is 102 Å². The van der Waals surface area contributed by atoms with Crippen LogP contribution < -0.4 is 5.32 Å². The molecule has 1 aliphatic rings. The lowest BCUT2D eigenvalue weighted by Gasteiger charge is -2.37. The van der Waals surface area contributed by atoms with E-state index in [9.17, 15) is 9.59 Å². The van der Waals surface area contributed by atoms with Crippen molar-refractivity contribution >= 4 is 22.8 Å². The highest BCUT2D eigenvalue weighted by atomic mass is 16.2. The van der Waals surface area contributed by atoms with E-state index in [1.165, 1.54) is 5.56 Å². The zero-order valence-corrected chi connectivity index (χ0v) is 22.3. The van der Waals surface area contributed by atoms with Crippen LogP contribution in [0.1, 0.15) is 43.0 Å². The minimum absolute atomic E-state index is 0.110. The number of pyridine rings is 1. The van der Waals surface area contributed by atoms with Crippen molar-refractivity contribution in [2.45, 2.75) is 50.9 Å². The zero-order valence-electron chi connectivity index (χ0n) is 22.3. The average molecular weight is 510 g/mol. The van der Waals surface area contributed by atoms with E-state index in [-0.39, 0.29) is 18.1 Å². The van der Waals surface area contributed by atoms with Gasteiger partial charge in [0.15, 0.2) is 5.54 Å². The summed E-state index contributed by atoms with van der Waals surface area (Å²) >= 11 is 0. The van der Waals surface area contributed by atoms with Crippen molar-refractivity contribution in [2.75, 3.05) is 14.1 Å². The highest BCUT2D eigenvalue weighted by Crippen LogP contribution is 2.43. The van der Waals surface area contributed by atoms with Crippen molar-refractivity contribution in [3.63, 3.8) is 0 Å². The summed E-state index contributed by atoms with van der Waals surface area (Å²) in [5, 5.41) is 3.89. The lowest BCUT2D eigenvalue weighted by molar-refractivity contribution is -0.133. The van der Waals surface area contributed by atoms with E-state index in [1.54, 1.807) is 23.0 Å². The van der Waals surface area contributed by atoms with Gasteiger partial charge in [-0.2, -0.15) is 0 Å². The van der Waals surface area contributed by atoms with Crippen LogP contribution in [0.25, 0.3) is 10.9 Å². The van der Waals surface area contributed by atoms with Gasteiger partial charge in [0.1, 0.15) is 6.17 Å². The molecule has 2 aromatic carbocycles. The molecule has 2 atom stereocenters. The van der Waals surface area contributed by atoms with Crippen LogP contribution in [0.3, 0.4) is 0 Å². The van der Waals surface area contributed by atoms with Crippen LogP contribution in [0.15, 0.2) is 85.2 Å². The van der Waals surface area contributed by atoms with Crippen LogP contribution in [0.5, 0.6) is 0 Å². The van der Waals surface area contributed by atoms with Gasteiger partial charge in [-0.05, 0) is 42.2 Å². The number of amides is 3. The molecule has 0 aliphatic carbocycles. The number of aromatic nitrogens is 2. The van der Waals surface area contributed by atoms with Gasteiger partial charge >= 0.3 is 6.03 Å². The quantitative estimate of drug-likeness (QED) is 0.357. The first-order valence-electron chi connectivity index (χ1n) is 13.3. The van der Waals surface area contributed by atoms with Gasteiger partial charge in [0.05, 0.1) is 5.69 Å². The number of benzene rings is 2. The Kier molecular flexibility index (Phi) is 7.18. The van der Waals surface area contributed by atoms with E-state index < -0.39 is 5.54 Å². The van der Waals surface area contributed by atoms with Crippen molar-refractivity contribution in [3.8, 4) is 0 Å². The second-order valence-corrected chi connectivity index (χ2v) is 10.0. The third-order valence-electron chi connectivity index (χ3n) is 7.68. The zero-order chi connectivity index (χ0) is 26.7. The van der Waals surface area contributed by atoms with Crippen molar-refractivity contribution in [1.82, 2.24) is 24.7 Å². The Hall–Kier alpha value is -4.13. The Labute approximate surface area is 224 Å². The Morgan fingerprint density at radius 1 is 1.03 bits per heavy atom. The Balaban J connectivity index is 1.68. The number of likely N-dealkylation sites (N-methyl/N-ethyl adjacent to an activating group) is 1. The van der Waals surface area contributed by atoms with Gasteiger partial charge in [-0.3, -0.25) is 14.7 Å². The average Bonchev–Trinajstić information content (AvgIpc) is 3.40. The number of hydrogen-bond acceptors (Lipinski definition) is 3. The molecule has 0 bridgehead atoms. The van der Waals surface area contributed by atoms with Crippen molar-refractivity contribution < 1.29 is 9.59 Å². The Morgan fingerprint density at radius 2 is 1.76 bits per heavy atom. The van der Waals surface area contributed by atoms with E-state index in [0.29, 0.717) is 25.1 Å². The molecular weight excluding hydrogens is 474 g/mol. The molecule has 2 aromatic heterocycles. The van der Waals surface area contributed by atoms with Gasteiger partial charge < -0.3 is 14.8 Å². The van der Waals surface area contributed by atoms with Crippen LogP contribution >= 0.6 is 0 Å². The highest BCUT2D eigenvalue weighted by molar-refractivity contribution is 5.96. The summed E-state index contributed by atoms with van der Waals surface area (Å²) in [6.45, 7) is 2.83. The third-order valence-corrected chi connectivity index (χ3v) is 7.68. The molecule has 7 nitrogen and oxygen atoms in total. The molecule has 3 heterocycles. The fraction of sp³-hybridized carbons (Fsp3) is 0.323. The van der Waals surface area contributed by atoms with E-state index in [4.69, 9.17) is 0 Å². The number of hydrogen-bond donors (Lipinski definition) is 1. The van der Waals surface area contributed by atoms with E-state index in [0.717, 1.165) is 29.3 Å². The van der Waals surface area contributed by atoms with Crippen LogP contribution in [0.2, 0.25) is 0 Å². The molecule has 4 aromatic rings. The molecule has 0 radical (unpaired) electrons. The summed E-state index contributed by atoms with van der Waals surface area (Å²) in [5.41, 5.74) is 2.61. The first kappa shape index (κ1) is 25.5. The van der Waals surface area contributed by atoms with Gasteiger partial charge in [-0.1, -0.05) is 67.9 Å². The first-order valence-corrected chi connectivity index (χ1v) is 13.3.